The highest BCUT2D eigenvalue weighted by Gasteiger charge is 2.21. The normalized spacial score (nSPS) is 12.7. The van der Waals surface area contributed by atoms with E-state index in [9.17, 15) is 8.42 Å². The minimum absolute atomic E-state index is 0.295. The molecule has 0 bridgehead atoms. The minimum Gasteiger partial charge on any atom is -0.260 e. The summed E-state index contributed by atoms with van der Waals surface area (Å²) in [6, 6.07) is 13.9. The quantitative estimate of drug-likeness (QED) is 0.341. The fraction of sp³-hybridized carbons (Fsp3) is 0.542. The molecule has 0 amide bonds. The minimum atomic E-state index is -3.56. The number of benzene rings is 1. The molecule has 1 aromatic heterocycles. The van der Waals surface area contributed by atoms with Gasteiger partial charge in [0.05, 0.1) is 16.6 Å². The fourth-order valence-electron chi connectivity index (χ4n) is 3.54. The van der Waals surface area contributed by atoms with E-state index in [1.54, 1.807) is 30.5 Å². The molecule has 0 aliphatic carbocycles. The van der Waals surface area contributed by atoms with Crippen molar-refractivity contribution in [2.24, 2.45) is 0 Å². The highest BCUT2D eigenvalue weighted by atomic mass is 32.2. The topological polar surface area (TPSA) is 59.1 Å². The summed E-state index contributed by atoms with van der Waals surface area (Å²) in [7, 11) is -3.56. The van der Waals surface area contributed by atoms with Crippen molar-refractivity contribution in [3.05, 3.63) is 60.4 Å². The van der Waals surface area contributed by atoms with Gasteiger partial charge in [-0.1, -0.05) is 95.4 Å². The molecule has 1 heterocycles. The predicted molar refractivity (Wildman–Crippen MR) is 120 cm³/mol. The van der Waals surface area contributed by atoms with E-state index in [2.05, 4.69) is 16.6 Å². The zero-order valence-electron chi connectivity index (χ0n) is 17.7. The van der Waals surface area contributed by atoms with Crippen LogP contribution in [0.25, 0.3) is 0 Å². The lowest BCUT2D eigenvalue weighted by Crippen LogP contribution is -2.29. The van der Waals surface area contributed by atoms with Gasteiger partial charge in [-0.15, -0.1) is 0 Å². The molecule has 2 rings (SSSR count). The van der Waals surface area contributed by atoms with E-state index in [0.717, 1.165) is 25.0 Å². The van der Waals surface area contributed by atoms with Gasteiger partial charge in [-0.25, -0.2) is 13.1 Å². The summed E-state index contributed by atoms with van der Waals surface area (Å²) in [5.74, 6) is 0. The first-order valence-corrected chi connectivity index (χ1v) is 12.6. The number of hydrogen-bond donors (Lipinski definition) is 1. The van der Waals surface area contributed by atoms with Crippen LogP contribution in [0.5, 0.6) is 0 Å². The Morgan fingerprint density at radius 1 is 0.793 bits per heavy atom. The maximum absolute atomic E-state index is 12.8. The van der Waals surface area contributed by atoms with Crippen LogP contribution in [-0.2, 0) is 10.0 Å². The van der Waals surface area contributed by atoms with Crippen LogP contribution in [0, 0.1) is 0 Å². The molecule has 5 heteroatoms. The van der Waals surface area contributed by atoms with Gasteiger partial charge in [0.15, 0.2) is 0 Å². The first kappa shape index (κ1) is 23.6. The summed E-state index contributed by atoms with van der Waals surface area (Å²) in [5.41, 5.74) is 0.780. The van der Waals surface area contributed by atoms with Crippen LogP contribution in [0.15, 0.2) is 59.6 Å². The highest BCUT2D eigenvalue weighted by molar-refractivity contribution is 7.89. The molecule has 1 N–H and O–H groups in total. The molecule has 1 aromatic carbocycles. The molecule has 29 heavy (non-hydrogen) atoms. The number of unbranched alkanes of at least 4 members (excludes halogenated alkanes) is 9. The summed E-state index contributed by atoms with van der Waals surface area (Å²) in [6.07, 6.45) is 15.1. The van der Waals surface area contributed by atoms with E-state index in [4.69, 9.17) is 0 Å². The van der Waals surface area contributed by atoms with Crippen LogP contribution in [-0.4, -0.2) is 13.4 Å². The molecule has 0 saturated carbocycles. The average molecular weight is 417 g/mol. The van der Waals surface area contributed by atoms with Crippen molar-refractivity contribution in [3.8, 4) is 0 Å². The summed E-state index contributed by atoms with van der Waals surface area (Å²) >= 11 is 0. The zero-order chi connectivity index (χ0) is 20.8. The van der Waals surface area contributed by atoms with Gasteiger partial charge >= 0.3 is 0 Å². The number of nitrogens with one attached hydrogen (secondary N) is 1. The average Bonchev–Trinajstić information content (AvgIpc) is 2.75. The molecule has 0 saturated heterocycles. The smallest absolute Gasteiger partial charge is 0.241 e. The van der Waals surface area contributed by atoms with Gasteiger partial charge in [0.2, 0.25) is 10.0 Å². The molecule has 0 aliphatic rings. The Morgan fingerprint density at radius 2 is 1.38 bits per heavy atom. The SMILES string of the molecule is CCCCCCCCCCCCC(NS(=O)(=O)c1ccccc1)c1ccccn1. The molecular weight excluding hydrogens is 380 g/mol. The van der Waals surface area contributed by atoms with Crippen LogP contribution in [0.2, 0.25) is 0 Å². The predicted octanol–water partition coefficient (Wildman–Crippen LogP) is 6.41. The van der Waals surface area contributed by atoms with Crippen LogP contribution in [0.3, 0.4) is 0 Å². The van der Waals surface area contributed by atoms with Crippen molar-refractivity contribution in [2.45, 2.75) is 88.5 Å². The molecule has 160 valence electrons. The standard InChI is InChI=1S/C24H36N2O2S/c1-2-3-4-5-6-7-8-9-10-14-20-24(23-19-15-16-21-25-23)26-29(27,28)22-17-12-11-13-18-22/h11-13,15-19,21,24,26H,2-10,14,20H2,1H3. The van der Waals surface area contributed by atoms with E-state index in [1.807, 2.05) is 24.3 Å². The summed E-state index contributed by atoms with van der Waals surface area (Å²) in [5, 5.41) is 0. The van der Waals surface area contributed by atoms with Gasteiger partial charge in [-0.2, -0.15) is 0 Å². The van der Waals surface area contributed by atoms with Crippen LogP contribution >= 0.6 is 0 Å². The molecule has 0 spiro atoms. The monoisotopic (exact) mass is 416 g/mol. The second kappa shape index (κ2) is 13.5. The summed E-state index contributed by atoms with van der Waals surface area (Å²) < 4.78 is 28.4. The molecule has 1 unspecified atom stereocenters. The lowest BCUT2D eigenvalue weighted by molar-refractivity contribution is 0.495. The lowest BCUT2D eigenvalue weighted by Gasteiger charge is -2.18. The van der Waals surface area contributed by atoms with E-state index in [1.165, 1.54) is 51.4 Å². The van der Waals surface area contributed by atoms with Crippen molar-refractivity contribution < 1.29 is 8.42 Å². The number of hydrogen-bond acceptors (Lipinski definition) is 3. The Labute approximate surface area is 177 Å². The Balaban J connectivity index is 1.81. The molecule has 1 atom stereocenters. The summed E-state index contributed by atoms with van der Waals surface area (Å²) in [4.78, 5) is 4.69. The first-order chi connectivity index (χ1) is 14.1. The van der Waals surface area contributed by atoms with E-state index < -0.39 is 10.0 Å². The van der Waals surface area contributed by atoms with Crippen molar-refractivity contribution in [1.82, 2.24) is 9.71 Å². The molecule has 0 radical (unpaired) electrons. The van der Waals surface area contributed by atoms with Crippen molar-refractivity contribution in [3.63, 3.8) is 0 Å². The van der Waals surface area contributed by atoms with Gasteiger partial charge in [-0.05, 0) is 30.7 Å². The third-order valence-corrected chi connectivity index (χ3v) is 6.73. The number of aromatic nitrogens is 1. The third kappa shape index (κ3) is 9.09. The number of rotatable bonds is 15. The van der Waals surface area contributed by atoms with Crippen molar-refractivity contribution in [1.29, 1.82) is 0 Å². The number of pyridine rings is 1. The van der Waals surface area contributed by atoms with Crippen LogP contribution in [0.4, 0.5) is 0 Å². The Hall–Kier alpha value is -1.72. The molecule has 0 fully saturated rings. The Kier molecular flexibility index (Phi) is 11.0. The zero-order valence-corrected chi connectivity index (χ0v) is 18.5. The molecule has 2 aromatic rings. The third-order valence-electron chi connectivity index (χ3n) is 5.24. The van der Waals surface area contributed by atoms with Crippen LogP contribution in [0.1, 0.15) is 89.3 Å². The van der Waals surface area contributed by atoms with Crippen LogP contribution < -0.4 is 4.72 Å². The van der Waals surface area contributed by atoms with E-state index >= 15 is 0 Å². The molecule has 4 nitrogen and oxygen atoms in total. The van der Waals surface area contributed by atoms with Crippen molar-refractivity contribution >= 4 is 10.0 Å². The van der Waals surface area contributed by atoms with Gasteiger partial charge in [0.1, 0.15) is 0 Å². The number of sulfonamides is 1. The van der Waals surface area contributed by atoms with Gasteiger partial charge < -0.3 is 0 Å². The Morgan fingerprint density at radius 3 is 1.97 bits per heavy atom. The molecule has 0 aliphatic heterocycles. The largest absolute Gasteiger partial charge is 0.260 e. The van der Waals surface area contributed by atoms with Crippen molar-refractivity contribution in [2.75, 3.05) is 0 Å². The second-order valence-electron chi connectivity index (χ2n) is 7.71. The fourth-order valence-corrected chi connectivity index (χ4v) is 4.80. The maximum Gasteiger partial charge on any atom is 0.241 e. The summed E-state index contributed by atoms with van der Waals surface area (Å²) in [6.45, 7) is 2.25. The van der Waals surface area contributed by atoms with Gasteiger partial charge in [0.25, 0.3) is 0 Å². The maximum atomic E-state index is 12.8. The van der Waals surface area contributed by atoms with E-state index in [-0.39, 0.29) is 6.04 Å². The van der Waals surface area contributed by atoms with Gasteiger partial charge in [0, 0.05) is 6.20 Å². The first-order valence-electron chi connectivity index (χ1n) is 11.1. The van der Waals surface area contributed by atoms with E-state index in [0.29, 0.717) is 4.90 Å². The van der Waals surface area contributed by atoms with Gasteiger partial charge in [-0.3, -0.25) is 4.98 Å². The molecular formula is C24H36N2O2S. The Bertz CT molecular complexity index is 764. The highest BCUT2D eigenvalue weighted by Crippen LogP contribution is 2.22. The number of nitrogens with zero attached hydrogens (tertiary/aromatic N) is 1. The second-order valence-corrected chi connectivity index (χ2v) is 9.43. The lowest BCUT2D eigenvalue weighted by atomic mass is 10.0.